The van der Waals surface area contributed by atoms with E-state index in [0.717, 1.165) is 60.2 Å². The Bertz CT molecular complexity index is 1520. The van der Waals surface area contributed by atoms with Gasteiger partial charge in [0.1, 0.15) is 17.7 Å². The monoisotopic (exact) mass is 538 g/mol. The fourth-order valence-corrected chi connectivity index (χ4v) is 5.27. The smallest absolute Gasteiger partial charge is 0.434 e. The lowest BCUT2D eigenvalue weighted by Crippen LogP contribution is -2.31. The minimum Gasteiger partial charge on any atom is -0.480 e. The lowest BCUT2D eigenvalue weighted by Gasteiger charge is -2.30. The Kier molecular flexibility index (Phi) is 6.07. The fraction of sp³-hybridized carbons (Fsp3) is 0.444. The van der Waals surface area contributed by atoms with E-state index in [-0.39, 0.29) is 11.9 Å². The van der Waals surface area contributed by atoms with Crippen molar-refractivity contribution in [1.82, 2.24) is 34.3 Å². The molecule has 0 saturated heterocycles. The van der Waals surface area contributed by atoms with Crippen LogP contribution >= 0.6 is 0 Å². The number of imidazole rings is 1. The molecule has 1 aliphatic carbocycles. The third kappa shape index (κ3) is 4.51. The molecule has 6 rings (SSSR count). The van der Waals surface area contributed by atoms with Gasteiger partial charge in [-0.2, -0.15) is 18.3 Å². The zero-order valence-corrected chi connectivity index (χ0v) is 22.2. The number of methoxy groups -OCH3 is 1. The normalized spacial score (nSPS) is 15.6. The molecule has 4 aromatic heterocycles. The van der Waals surface area contributed by atoms with Gasteiger partial charge in [-0.05, 0) is 38.8 Å². The van der Waals surface area contributed by atoms with Gasteiger partial charge in [-0.1, -0.05) is 0 Å². The van der Waals surface area contributed by atoms with E-state index in [4.69, 9.17) is 9.84 Å². The van der Waals surface area contributed by atoms with Gasteiger partial charge in [0, 0.05) is 56.0 Å². The average Bonchev–Trinajstić information content (AvgIpc) is 3.58. The van der Waals surface area contributed by atoms with Gasteiger partial charge in [-0.3, -0.25) is 9.67 Å². The second-order valence-electron chi connectivity index (χ2n) is 10.4. The van der Waals surface area contributed by atoms with Crippen molar-refractivity contribution in [3.63, 3.8) is 0 Å². The summed E-state index contributed by atoms with van der Waals surface area (Å²) in [6.45, 7) is 5.59. The molecule has 4 aromatic rings. The lowest BCUT2D eigenvalue weighted by atomic mass is 9.98. The van der Waals surface area contributed by atoms with E-state index in [1.807, 2.05) is 6.07 Å². The zero-order chi connectivity index (χ0) is 27.5. The van der Waals surface area contributed by atoms with Gasteiger partial charge in [-0.15, -0.1) is 0 Å². The summed E-state index contributed by atoms with van der Waals surface area (Å²) < 4.78 is 48.5. The third-order valence-corrected chi connectivity index (χ3v) is 7.32. The highest BCUT2D eigenvalue weighted by Gasteiger charge is 2.36. The number of nitrogens with zero attached hydrogens (tertiary/aromatic N) is 8. The molecule has 0 unspecified atom stereocenters. The zero-order valence-electron chi connectivity index (χ0n) is 22.2. The first-order chi connectivity index (χ1) is 18.7. The predicted molar refractivity (Wildman–Crippen MR) is 138 cm³/mol. The molecule has 2 aliphatic rings. The first-order valence-corrected chi connectivity index (χ1v) is 13.0. The maximum atomic E-state index is 13.1. The van der Waals surface area contributed by atoms with Crippen molar-refractivity contribution >= 4 is 5.69 Å². The molecule has 1 saturated carbocycles. The number of aromatic nitrogens is 7. The molecule has 9 nitrogen and oxygen atoms in total. The topological polar surface area (TPSA) is 86.8 Å². The van der Waals surface area contributed by atoms with Crippen LogP contribution in [0.5, 0.6) is 5.88 Å². The number of rotatable bonds is 6. The molecule has 1 fully saturated rings. The van der Waals surface area contributed by atoms with Gasteiger partial charge < -0.3 is 14.2 Å². The van der Waals surface area contributed by atoms with E-state index in [2.05, 4.69) is 43.4 Å². The summed E-state index contributed by atoms with van der Waals surface area (Å²) in [5, 5.41) is 5.07. The molecular formula is C27H29F3N8O. The van der Waals surface area contributed by atoms with E-state index in [1.54, 1.807) is 25.7 Å². The summed E-state index contributed by atoms with van der Waals surface area (Å²) in [7, 11) is 3.15. The summed E-state index contributed by atoms with van der Waals surface area (Å²) in [5.41, 5.74) is 5.29. The molecule has 0 atom stereocenters. The molecule has 12 heteroatoms. The van der Waals surface area contributed by atoms with E-state index < -0.39 is 11.9 Å². The molecule has 0 spiro atoms. The van der Waals surface area contributed by atoms with Crippen molar-refractivity contribution in [3.8, 4) is 28.7 Å². The molecule has 0 amide bonds. The Morgan fingerprint density at radius 1 is 1.10 bits per heavy atom. The molecular weight excluding hydrogens is 509 g/mol. The molecule has 0 N–H and O–H groups in total. The quantitative estimate of drug-likeness (QED) is 0.334. The van der Waals surface area contributed by atoms with Gasteiger partial charge in [0.05, 0.1) is 30.3 Å². The molecule has 0 aromatic carbocycles. The third-order valence-electron chi connectivity index (χ3n) is 7.32. The van der Waals surface area contributed by atoms with Crippen LogP contribution in [0.25, 0.3) is 22.8 Å². The largest absolute Gasteiger partial charge is 0.480 e. The summed E-state index contributed by atoms with van der Waals surface area (Å²) in [5.74, 6) is 1.08. The predicted octanol–water partition coefficient (Wildman–Crippen LogP) is 5.18. The number of ether oxygens (including phenoxy) is 1. The van der Waals surface area contributed by atoms with Crippen molar-refractivity contribution in [2.45, 2.75) is 57.8 Å². The minimum absolute atomic E-state index is 0.166. The van der Waals surface area contributed by atoms with Gasteiger partial charge in [0.25, 0.3) is 0 Å². The van der Waals surface area contributed by atoms with Gasteiger partial charge in [-0.25, -0.2) is 15.0 Å². The van der Waals surface area contributed by atoms with Gasteiger partial charge in [0.2, 0.25) is 5.88 Å². The number of alkyl halides is 3. The maximum absolute atomic E-state index is 13.1. The van der Waals surface area contributed by atoms with Gasteiger partial charge in [0.15, 0.2) is 11.5 Å². The number of hydrogen-bond donors (Lipinski definition) is 0. The van der Waals surface area contributed by atoms with Crippen LogP contribution in [0.4, 0.5) is 18.9 Å². The first-order valence-electron chi connectivity index (χ1n) is 13.0. The first kappa shape index (κ1) is 25.3. The van der Waals surface area contributed by atoms with Crippen molar-refractivity contribution in [1.29, 1.82) is 0 Å². The summed E-state index contributed by atoms with van der Waals surface area (Å²) in [6, 6.07) is 3.77. The van der Waals surface area contributed by atoms with Gasteiger partial charge >= 0.3 is 6.18 Å². The molecule has 0 bridgehead atoms. The Hall–Kier alpha value is -3.96. The maximum Gasteiger partial charge on any atom is 0.434 e. The summed E-state index contributed by atoms with van der Waals surface area (Å²) in [4.78, 5) is 19.5. The number of hydrogen-bond acceptors (Lipinski definition) is 7. The number of anilines is 1. The second kappa shape index (κ2) is 9.35. The van der Waals surface area contributed by atoms with Crippen LogP contribution in [0.3, 0.4) is 0 Å². The van der Waals surface area contributed by atoms with E-state index in [0.29, 0.717) is 24.0 Å². The van der Waals surface area contributed by atoms with Crippen LogP contribution in [0.2, 0.25) is 0 Å². The Morgan fingerprint density at radius 2 is 1.90 bits per heavy atom. The van der Waals surface area contributed by atoms with Crippen LogP contribution in [0.15, 0.2) is 30.9 Å². The molecule has 5 heterocycles. The van der Waals surface area contributed by atoms with Crippen LogP contribution < -0.4 is 9.64 Å². The standard InChI is InChI=1S/C27H29F3N8O/c1-15(2)38-20-9-10-37(17-7-8-19(31-11-17)25-34-21(13-36(25)3)27(28,29)30)12-18(20)24(35-38)22-23(16-5-6-16)32-14-33-26(22)39-4/h7-8,11,13-16H,5-6,9-10,12H2,1-4H3. The Labute approximate surface area is 223 Å². The molecule has 1 aliphatic heterocycles. The Morgan fingerprint density at radius 3 is 2.51 bits per heavy atom. The average molecular weight is 539 g/mol. The molecule has 39 heavy (non-hydrogen) atoms. The second-order valence-corrected chi connectivity index (χ2v) is 10.4. The Balaban J connectivity index is 1.35. The number of pyridine rings is 1. The minimum atomic E-state index is -4.51. The fourth-order valence-electron chi connectivity index (χ4n) is 5.27. The SMILES string of the molecule is COc1ncnc(C2CC2)c1-c1nn(C(C)C)c2c1CN(c1ccc(-c3nc(C(F)(F)F)cn3C)nc1)CC2. The highest BCUT2D eigenvalue weighted by atomic mass is 19.4. The highest BCUT2D eigenvalue weighted by Crippen LogP contribution is 2.47. The van der Waals surface area contributed by atoms with E-state index in [1.165, 1.54) is 17.3 Å². The summed E-state index contributed by atoms with van der Waals surface area (Å²) in [6.07, 6.45) is 2.67. The van der Waals surface area contributed by atoms with Crippen molar-refractivity contribution in [3.05, 3.63) is 53.5 Å². The number of fused-ring (bicyclic) bond motifs is 1. The van der Waals surface area contributed by atoms with E-state index >= 15 is 0 Å². The van der Waals surface area contributed by atoms with Crippen LogP contribution in [0.1, 0.15) is 61.3 Å². The van der Waals surface area contributed by atoms with Crippen molar-refractivity contribution < 1.29 is 17.9 Å². The van der Waals surface area contributed by atoms with Crippen LogP contribution in [0, 0.1) is 0 Å². The van der Waals surface area contributed by atoms with Crippen LogP contribution in [-0.4, -0.2) is 47.9 Å². The molecule has 0 radical (unpaired) electrons. The van der Waals surface area contributed by atoms with Crippen LogP contribution in [-0.2, 0) is 26.2 Å². The highest BCUT2D eigenvalue weighted by molar-refractivity contribution is 5.73. The van der Waals surface area contributed by atoms with E-state index in [9.17, 15) is 13.2 Å². The van der Waals surface area contributed by atoms with Crippen molar-refractivity contribution in [2.75, 3.05) is 18.6 Å². The summed E-state index contributed by atoms with van der Waals surface area (Å²) >= 11 is 0. The number of halogens is 3. The lowest BCUT2D eigenvalue weighted by molar-refractivity contribution is -0.140. The number of aryl methyl sites for hydroxylation is 1. The van der Waals surface area contributed by atoms with Crippen molar-refractivity contribution in [2.24, 2.45) is 7.05 Å². The molecule has 204 valence electrons.